The molecule has 0 radical (unpaired) electrons. The molecule has 19 heavy (non-hydrogen) atoms. The summed E-state index contributed by atoms with van der Waals surface area (Å²) in [5.74, 6) is 0.750. The van der Waals surface area contributed by atoms with Gasteiger partial charge in [-0.25, -0.2) is 0 Å². The van der Waals surface area contributed by atoms with Crippen LogP contribution in [0.4, 0.5) is 5.69 Å². The van der Waals surface area contributed by atoms with Crippen LogP contribution < -0.4 is 10.1 Å². The second-order valence-electron chi connectivity index (χ2n) is 4.33. The Labute approximate surface area is 117 Å². The average molecular weight is 272 g/mol. The zero-order valence-corrected chi connectivity index (χ0v) is 12.1. The molecule has 0 aliphatic rings. The van der Waals surface area contributed by atoms with E-state index in [4.69, 9.17) is 10.00 Å². The van der Waals surface area contributed by atoms with E-state index in [1.807, 2.05) is 6.07 Å². The van der Waals surface area contributed by atoms with E-state index < -0.39 is 0 Å². The number of anilines is 1. The van der Waals surface area contributed by atoms with Gasteiger partial charge in [-0.2, -0.15) is 5.26 Å². The van der Waals surface area contributed by atoms with E-state index in [1.54, 1.807) is 30.6 Å². The first kappa shape index (κ1) is 13.4. The molecular weight excluding hydrogens is 256 g/mol. The molecule has 0 aliphatic carbocycles. The van der Waals surface area contributed by atoms with Crippen LogP contribution in [0.5, 0.6) is 5.75 Å². The molecule has 1 aromatic carbocycles. The van der Waals surface area contributed by atoms with Gasteiger partial charge >= 0.3 is 0 Å². The number of nitrogens with zero attached hydrogens (tertiary/aromatic N) is 1. The van der Waals surface area contributed by atoms with Gasteiger partial charge in [-0.3, -0.25) is 0 Å². The Morgan fingerprint density at radius 2 is 2.11 bits per heavy atom. The Hall–Kier alpha value is -1.99. The highest BCUT2D eigenvalue weighted by molar-refractivity contribution is 7.12. The minimum Gasteiger partial charge on any atom is -0.497 e. The molecule has 0 unspecified atom stereocenters. The third-order valence-corrected chi connectivity index (χ3v) is 4.17. The summed E-state index contributed by atoms with van der Waals surface area (Å²) in [6, 6.07) is 9.78. The lowest BCUT2D eigenvalue weighted by atomic mass is 10.2. The van der Waals surface area contributed by atoms with Crippen LogP contribution in [-0.4, -0.2) is 7.11 Å². The van der Waals surface area contributed by atoms with E-state index in [-0.39, 0.29) is 0 Å². The smallest absolute Gasteiger partial charge is 0.121 e. The number of nitriles is 1. The van der Waals surface area contributed by atoms with Crippen LogP contribution in [0.1, 0.15) is 20.9 Å². The van der Waals surface area contributed by atoms with Gasteiger partial charge in [0.15, 0.2) is 0 Å². The number of methoxy groups -OCH3 is 1. The molecule has 0 saturated heterocycles. The van der Waals surface area contributed by atoms with Crippen molar-refractivity contribution in [2.45, 2.75) is 20.4 Å². The first-order valence-electron chi connectivity index (χ1n) is 6.02. The molecule has 3 nitrogen and oxygen atoms in total. The molecule has 98 valence electrons. The van der Waals surface area contributed by atoms with Gasteiger partial charge < -0.3 is 10.1 Å². The van der Waals surface area contributed by atoms with Crippen LogP contribution >= 0.6 is 11.3 Å². The lowest BCUT2D eigenvalue weighted by Gasteiger charge is -2.09. The van der Waals surface area contributed by atoms with Crippen LogP contribution in [0.2, 0.25) is 0 Å². The molecule has 1 N–H and O–H groups in total. The summed E-state index contributed by atoms with van der Waals surface area (Å²) in [4.78, 5) is 2.60. The fourth-order valence-electron chi connectivity index (χ4n) is 1.81. The third kappa shape index (κ3) is 3.07. The lowest BCUT2D eigenvalue weighted by Crippen LogP contribution is -2.00. The van der Waals surface area contributed by atoms with Crippen LogP contribution in [0, 0.1) is 25.2 Å². The first-order valence-corrected chi connectivity index (χ1v) is 6.83. The molecule has 2 aromatic rings. The summed E-state index contributed by atoms with van der Waals surface area (Å²) in [5, 5.41) is 12.4. The summed E-state index contributed by atoms with van der Waals surface area (Å²) in [6.45, 7) is 4.96. The molecule has 1 heterocycles. The van der Waals surface area contributed by atoms with Crippen molar-refractivity contribution in [1.29, 1.82) is 5.26 Å². The lowest BCUT2D eigenvalue weighted by molar-refractivity contribution is 0.415. The van der Waals surface area contributed by atoms with E-state index in [2.05, 4.69) is 31.3 Å². The predicted octanol–water partition coefficient (Wildman–Crippen LogP) is 3.86. The summed E-state index contributed by atoms with van der Waals surface area (Å²) in [6.07, 6.45) is 0. The van der Waals surface area contributed by atoms with Crippen molar-refractivity contribution >= 4 is 17.0 Å². The van der Waals surface area contributed by atoms with E-state index in [0.29, 0.717) is 5.56 Å². The van der Waals surface area contributed by atoms with Crippen molar-refractivity contribution in [2.24, 2.45) is 0 Å². The van der Waals surface area contributed by atoms with E-state index in [9.17, 15) is 0 Å². The quantitative estimate of drug-likeness (QED) is 0.919. The Balaban J connectivity index is 2.16. The number of aryl methyl sites for hydroxylation is 2. The Morgan fingerprint density at radius 3 is 2.68 bits per heavy atom. The number of thiophene rings is 1. The summed E-state index contributed by atoms with van der Waals surface area (Å²) >= 11 is 1.78. The highest BCUT2D eigenvalue weighted by atomic mass is 32.1. The Kier molecular flexibility index (Phi) is 4.08. The third-order valence-electron chi connectivity index (χ3n) is 3.02. The SMILES string of the molecule is COc1ccc(C#N)c(NCc2cc(C)c(C)s2)c1. The Morgan fingerprint density at radius 1 is 1.32 bits per heavy atom. The van der Waals surface area contributed by atoms with Crippen molar-refractivity contribution in [1.82, 2.24) is 0 Å². The highest BCUT2D eigenvalue weighted by Crippen LogP contribution is 2.25. The largest absolute Gasteiger partial charge is 0.497 e. The molecule has 0 fully saturated rings. The molecule has 1 aromatic heterocycles. The Bertz CT molecular complexity index is 606. The molecule has 0 atom stereocenters. The first-order chi connectivity index (χ1) is 9.13. The fourth-order valence-corrected chi connectivity index (χ4v) is 2.81. The molecule has 0 aliphatic heterocycles. The molecule has 2 rings (SSSR count). The van der Waals surface area contributed by atoms with Gasteiger partial charge in [0.25, 0.3) is 0 Å². The molecule has 0 saturated carbocycles. The zero-order valence-electron chi connectivity index (χ0n) is 11.3. The maximum atomic E-state index is 9.10. The van der Waals surface area contributed by atoms with Gasteiger partial charge in [0.05, 0.1) is 18.4 Å². The molecule has 4 heteroatoms. The van der Waals surface area contributed by atoms with Gasteiger partial charge in [0.1, 0.15) is 11.8 Å². The highest BCUT2D eigenvalue weighted by Gasteiger charge is 2.06. The van der Waals surface area contributed by atoms with Gasteiger partial charge in [0.2, 0.25) is 0 Å². The molecule has 0 amide bonds. The maximum absolute atomic E-state index is 9.10. The van der Waals surface area contributed by atoms with Crippen molar-refractivity contribution in [2.75, 3.05) is 12.4 Å². The predicted molar refractivity (Wildman–Crippen MR) is 78.8 cm³/mol. The van der Waals surface area contributed by atoms with E-state index >= 15 is 0 Å². The van der Waals surface area contributed by atoms with Crippen molar-refractivity contribution in [3.63, 3.8) is 0 Å². The number of ether oxygens (including phenoxy) is 1. The fraction of sp³-hybridized carbons (Fsp3) is 0.267. The second-order valence-corrected chi connectivity index (χ2v) is 5.67. The van der Waals surface area contributed by atoms with Gasteiger partial charge in [-0.15, -0.1) is 11.3 Å². The minimum absolute atomic E-state index is 0.630. The summed E-state index contributed by atoms with van der Waals surface area (Å²) < 4.78 is 5.18. The topological polar surface area (TPSA) is 45.0 Å². The standard InChI is InChI=1S/C15H16N2OS/c1-10-6-14(19-11(10)2)9-17-15-7-13(18-3)5-4-12(15)8-16/h4-7,17H,9H2,1-3H3. The van der Waals surface area contributed by atoms with E-state index in [1.165, 1.54) is 15.3 Å². The number of rotatable bonds is 4. The monoisotopic (exact) mass is 272 g/mol. The van der Waals surface area contributed by atoms with Crippen LogP contribution in [0.15, 0.2) is 24.3 Å². The number of nitrogens with one attached hydrogen (secondary N) is 1. The van der Waals surface area contributed by atoms with Gasteiger partial charge in [-0.05, 0) is 37.6 Å². The minimum atomic E-state index is 0.630. The van der Waals surface area contributed by atoms with Crippen molar-refractivity contribution < 1.29 is 4.74 Å². The normalized spacial score (nSPS) is 10.0. The van der Waals surface area contributed by atoms with Gasteiger partial charge in [-0.1, -0.05) is 0 Å². The molecular formula is C15H16N2OS. The number of hydrogen-bond acceptors (Lipinski definition) is 4. The molecule has 0 bridgehead atoms. The summed E-state index contributed by atoms with van der Waals surface area (Å²) in [7, 11) is 1.62. The van der Waals surface area contributed by atoms with E-state index in [0.717, 1.165) is 18.0 Å². The van der Waals surface area contributed by atoms with Crippen molar-refractivity contribution in [3.8, 4) is 11.8 Å². The van der Waals surface area contributed by atoms with Crippen LogP contribution in [0.3, 0.4) is 0 Å². The number of hydrogen-bond donors (Lipinski definition) is 1. The summed E-state index contributed by atoms with van der Waals surface area (Å²) in [5.41, 5.74) is 2.75. The zero-order chi connectivity index (χ0) is 13.8. The second kappa shape index (κ2) is 5.77. The van der Waals surface area contributed by atoms with Crippen molar-refractivity contribution in [3.05, 3.63) is 45.1 Å². The molecule has 0 spiro atoms. The van der Waals surface area contributed by atoms with Crippen LogP contribution in [-0.2, 0) is 6.54 Å². The van der Waals surface area contributed by atoms with Crippen LogP contribution in [0.25, 0.3) is 0 Å². The maximum Gasteiger partial charge on any atom is 0.121 e. The van der Waals surface area contributed by atoms with Gasteiger partial charge in [0, 0.05) is 22.4 Å². The average Bonchev–Trinajstić information content (AvgIpc) is 2.75. The number of benzene rings is 1.